The minimum Gasteiger partial charge on any atom is -0.349 e. The molecule has 4 rings (SSSR count). The van der Waals surface area contributed by atoms with Gasteiger partial charge in [-0.3, -0.25) is 0 Å². The van der Waals surface area contributed by atoms with Gasteiger partial charge in [-0.2, -0.15) is 0 Å². The number of fused-ring (bicyclic) bond motifs is 2. The third-order valence-corrected chi connectivity index (χ3v) is 5.00. The van der Waals surface area contributed by atoms with E-state index in [4.69, 9.17) is 14.2 Å². The number of aryl methyl sites for hydroxylation is 1. The van der Waals surface area contributed by atoms with Crippen LogP contribution in [0.3, 0.4) is 0 Å². The smallest absolute Gasteiger partial charge is 0.165 e. The van der Waals surface area contributed by atoms with Gasteiger partial charge in [0.05, 0.1) is 11.8 Å². The van der Waals surface area contributed by atoms with Crippen LogP contribution in [0.25, 0.3) is 11.0 Å². The van der Waals surface area contributed by atoms with Crippen molar-refractivity contribution >= 4 is 11.0 Å². The summed E-state index contributed by atoms with van der Waals surface area (Å²) in [4.78, 5) is 8.71. The molecule has 2 aliphatic rings. The monoisotopic (exact) mass is 317 g/mol. The molecule has 2 fully saturated rings. The Morgan fingerprint density at radius 3 is 2.78 bits per heavy atom. The van der Waals surface area contributed by atoms with Crippen molar-refractivity contribution < 1.29 is 14.2 Å². The van der Waals surface area contributed by atoms with Crippen LogP contribution < -0.4 is 0 Å². The molecule has 0 aromatic carbocycles. The first-order valence-electron chi connectivity index (χ1n) is 8.17. The molecule has 2 aliphatic heterocycles. The second-order valence-electron chi connectivity index (χ2n) is 7.07. The molecule has 0 unspecified atom stereocenters. The minimum atomic E-state index is -0.608. The van der Waals surface area contributed by atoms with Gasteiger partial charge in [-0.05, 0) is 40.2 Å². The molecule has 2 aromatic heterocycles. The average molecular weight is 317 g/mol. The molecule has 124 valence electrons. The molecule has 6 nitrogen and oxygen atoms in total. The third-order valence-electron chi connectivity index (χ3n) is 5.00. The summed E-state index contributed by atoms with van der Waals surface area (Å²) < 4.78 is 20.8. The van der Waals surface area contributed by atoms with Gasteiger partial charge >= 0.3 is 0 Å². The van der Waals surface area contributed by atoms with Gasteiger partial charge in [0.1, 0.15) is 23.7 Å². The maximum atomic E-state index is 6.32. The summed E-state index contributed by atoms with van der Waals surface area (Å²) in [6, 6.07) is 2.03. The molecule has 6 heteroatoms. The molecule has 0 amide bonds. The summed E-state index contributed by atoms with van der Waals surface area (Å²) in [5.74, 6) is -0.608. The quantitative estimate of drug-likeness (QED) is 0.852. The number of hydrogen-bond donors (Lipinski definition) is 0. The lowest BCUT2D eigenvalue weighted by atomic mass is 9.93. The molecule has 2 aromatic rings. The fourth-order valence-corrected chi connectivity index (χ4v) is 4.02. The highest BCUT2D eigenvalue weighted by Gasteiger charge is 2.63. The first kappa shape index (κ1) is 15.1. The van der Waals surface area contributed by atoms with Gasteiger partial charge < -0.3 is 18.8 Å². The average Bonchev–Trinajstić information content (AvgIpc) is 3.07. The van der Waals surface area contributed by atoms with E-state index in [0.717, 1.165) is 23.1 Å². The number of ether oxygens (including phenoxy) is 3. The van der Waals surface area contributed by atoms with Crippen LogP contribution in [-0.4, -0.2) is 38.1 Å². The summed E-state index contributed by atoms with van der Waals surface area (Å²) in [7, 11) is 0. The molecule has 4 heterocycles. The zero-order chi connectivity index (χ0) is 16.4. The fourth-order valence-electron chi connectivity index (χ4n) is 4.02. The van der Waals surface area contributed by atoms with Crippen LogP contribution in [0.5, 0.6) is 0 Å². The number of aromatic nitrogens is 3. The predicted octanol–water partition coefficient (Wildman–Crippen LogP) is 2.96. The molecule has 0 bridgehead atoms. The van der Waals surface area contributed by atoms with Gasteiger partial charge in [0.2, 0.25) is 0 Å². The SMILES string of the molecule is CC[C@H]1O[C@@H](n2ccc3c(C)ncnc32)[C@@H]2OC(C)(C)O[C@]12C. The van der Waals surface area contributed by atoms with E-state index in [2.05, 4.69) is 23.8 Å². The summed E-state index contributed by atoms with van der Waals surface area (Å²) in [6.45, 7) is 10.1. The predicted molar refractivity (Wildman–Crippen MR) is 84.9 cm³/mol. The fraction of sp³-hybridized carbons (Fsp3) is 0.647. The van der Waals surface area contributed by atoms with Crippen LogP contribution in [0.4, 0.5) is 0 Å². The van der Waals surface area contributed by atoms with Crippen LogP contribution in [0, 0.1) is 6.92 Å². The van der Waals surface area contributed by atoms with E-state index < -0.39 is 11.4 Å². The molecule has 0 spiro atoms. The van der Waals surface area contributed by atoms with Gasteiger partial charge in [0.25, 0.3) is 0 Å². The van der Waals surface area contributed by atoms with Crippen LogP contribution in [0.2, 0.25) is 0 Å². The number of nitrogens with zero attached hydrogens (tertiary/aromatic N) is 3. The van der Waals surface area contributed by atoms with Gasteiger partial charge in [0.15, 0.2) is 12.0 Å². The Morgan fingerprint density at radius 1 is 1.26 bits per heavy atom. The second-order valence-corrected chi connectivity index (χ2v) is 7.07. The Hall–Kier alpha value is -1.50. The van der Waals surface area contributed by atoms with Crippen molar-refractivity contribution in [1.29, 1.82) is 0 Å². The maximum Gasteiger partial charge on any atom is 0.165 e. The lowest BCUT2D eigenvalue weighted by molar-refractivity contribution is -0.210. The van der Waals surface area contributed by atoms with E-state index in [0.29, 0.717) is 0 Å². The maximum absolute atomic E-state index is 6.32. The molecule has 2 saturated heterocycles. The highest BCUT2D eigenvalue weighted by molar-refractivity contribution is 5.78. The second kappa shape index (κ2) is 4.75. The van der Waals surface area contributed by atoms with Crippen LogP contribution in [0.15, 0.2) is 18.6 Å². The highest BCUT2D eigenvalue weighted by Crippen LogP contribution is 2.51. The Balaban J connectivity index is 1.81. The van der Waals surface area contributed by atoms with E-state index in [9.17, 15) is 0 Å². The normalized spacial score (nSPS) is 35.8. The Kier molecular flexibility index (Phi) is 3.11. The number of rotatable bonds is 2. The molecule has 23 heavy (non-hydrogen) atoms. The largest absolute Gasteiger partial charge is 0.349 e. The first-order valence-corrected chi connectivity index (χ1v) is 8.17. The van der Waals surface area contributed by atoms with Crippen molar-refractivity contribution in [3.05, 3.63) is 24.3 Å². The Morgan fingerprint density at radius 2 is 2.04 bits per heavy atom. The standard InChI is InChI=1S/C17H23N3O3/c1-6-12-17(5)13(22-16(3,4)23-17)15(21-12)20-8-7-11-10(2)18-9-19-14(11)20/h7-9,12-13,15H,6H2,1-5H3/t12-,13+,15-,17-/m1/s1. The summed E-state index contributed by atoms with van der Waals surface area (Å²) in [6.07, 6.45) is 4.03. The molecular weight excluding hydrogens is 294 g/mol. The Bertz CT molecular complexity index is 757. The van der Waals surface area contributed by atoms with Crippen LogP contribution in [-0.2, 0) is 14.2 Å². The lowest BCUT2D eigenvalue weighted by Gasteiger charge is -2.28. The lowest BCUT2D eigenvalue weighted by Crippen LogP contribution is -2.43. The van der Waals surface area contributed by atoms with Gasteiger partial charge in [0, 0.05) is 11.6 Å². The molecular formula is C17H23N3O3. The topological polar surface area (TPSA) is 58.4 Å². The summed E-state index contributed by atoms with van der Waals surface area (Å²) >= 11 is 0. The van der Waals surface area contributed by atoms with Gasteiger partial charge in [-0.25, -0.2) is 9.97 Å². The molecule has 0 N–H and O–H groups in total. The third kappa shape index (κ3) is 2.05. The van der Waals surface area contributed by atoms with Gasteiger partial charge in [-0.15, -0.1) is 0 Å². The van der Waals surface area contributed by atoms with E-state index in [-0.39, 0.29) is 18.4 Å². The van der Waals surface area contributed by atoms with Crippen molar-refractivity contribution in [2.75, 3.05) is 0 Å². The van der Waals surface area contributed by atoms with E-state index in [1.165, 1.54) is 0 Å². The molecule has 0 saturated carbocycles. The van der Waals surface area contributed by atoms with Crippen molar-refractivity contribution in [2.24, 2.45) is 0 Å². The van der Waals surface area contributed by atoms with E-state index in [1.807, 2.05) is 37.6 Å². The first-order chi connectivity index (χ1) is 10.9. The minimum absolute atomic E-state index is 0.0142. The summed E-state index contributed by atoms with van der Waals surface area (Å²) in [5.41, 5.74) is 1.38. The van der Waals surface area contributed by atoms with E-state index >= 15 is 0 Å². The van der Waals surface area contributed by atoms with Crippen LogP contribution in [0.1, 0.15) is 46.0 Å². The highest BCUT2D eigenvalue weighted by atomic mass is 16.8. The Labute approximate surface area is 135 Å². The molecule has 0 aliphatic carbocycles. The molecule has 0 radical (unpaired) electrons. The van der Waals surface area contributed by atoms with Crippen molar-refractivity contribution in [1.82, 2.24) is 14.5 Å². The van der Waals surface area contributed by atoms with Crippen LogP contribution >= 0.6 is 0 Å². The zero-order valence-corrected chi connectivity index (χ0v) is 14.2. The van der Waals surface area contributed by atoms with Crippen molar-refractivity contribution in [2.45, 2.75) is 70.9 Å². The van der Waals surface area contributed by atoms with E-state index in [1.54, 1.807) is 6.33 Å². The molecule has 4 atom stereocenters. The number of hydrogen-bond acceptors (Lipinski definition) is 5. The van der Waals surface area contributed by atoms with Crippen molar-refractivity contribution in [3.63, 3.8) is 0 Å². The van der Waals surface area contributed by atoms with Crippen molar-refractivity contribution in [3.8, 4) is 0 Å². The summed E-state index contributed by atoms with van der Waals surface area (Å²) in [5, 5.41) is 1.04. The zero-order valence-electron chi connectivity index (χ0n) is 14.2. The van der Waals surface area contributed by atoms with Gasteiger partial charge in [-0.1, -0.05) is 6.92 Å².